The molecule has 0 aliphatic rings. The number of benzene rings is 2. The minimum absolute atomic E-state index is 0.0197. The maximum atomic E-state index is 12.1. The Balaban J connectivity index is 2.12. The molecule has 0 saturated carbocycles. The van der Waals surface area contributed by atoms with Crippen molar-refractivity contribution in [2.45, 2.75) is 13.5 Å². The Labute approximate surface area is 128 Å². The van der Waals surface area contributed by atoms with Gasteiger partial charge in [0.15, 0.2) is 0 Å². The van der Waals surface area contributed by atoms with Crippen LogP contribution in [0, 0.1) is 6.92 Å². The molecule has 0 bridgehead atoms. The molecule has 0 spiro atoms. The molecule has 22 heavy (non-hydrogen) atoms. The summed E-state index contributed by atoms with van der Waals surface area (Å²) in [5.74, 6) is -0.423. The highest BCUT2D eigenvalue weighted by atomic mass is 16.5. The lowest BCUT2D eigenvalue weighted by molar-refractivity contribution is 0.0470. The van der Waals surface area contributed by atoms with E-state index in [-0.39, 0.29) is 6.61 Å². The van der Waals surface area contributed by atoms with Crippen molar-refractivity contribution in [3.8, 4) is 5.75 Å². The van der Waals surface area contributed by atoms with Crippen molar-refractivity contribution in [3.05, 3.63) is 64.7 Å². The van der Waals surface area contributed by atoms with Gasteiger partial charge in [0, 0.05) is 11.1 Å². The van der Waals surface area contributed by atoms with Gasteiger partial charge in [0.2, 0.25) is 5.91 Å². The van der Waals surface area contributed by atoms with Crippen LogP contribution in [0.15, 0.2) is 42.5 Å². The molecule has 0 aliphatic carbocycles. The standard InChI is InChI=1S/C17H17NO4/c1-11-7-8-12(9-15(11)21-2)17(20)22-10-13-5-3-4-6-14(13)16(18)19/h3-9H,10H2,1-2H3,(H2,18,19). The number of rotatable bonds is 5. The normalized spacial score (nSPS) is 10.1. The lowest BCUT2D eigenvalue weighted by Crippen LogP contribution is -2.15. The number of ether oxygens (including phenoxy) is 2. The lowest BCUT2D eigenvalue weighted by Gasteiger charge is -2.10. The van der Waals surface area contributed by atoms with Crippen LogP contribution in [-0.4, -0.2) is 19.0 Å². The van der Waals surface area contributed by atoms with Crippen LogP contribution in [-0.2, 0) is 11.3 Å². The van der Waals surface area contributed by atoms with Gasteiger partial charge in [0.05, 0.1) is 12.7 Å². The van der Waals surface area contributed by atoms with Crippen molar-refractivity contribution in [1.29, 1.82) is 0 Å². The van der Waals surface area contributed by atoms with Crippen LogP contribution in [0.1, 0.15) is 31.8 Å². The van der Waals surface area contributed by atoms with Gasteiger partial charge in [0.1, 0.15) is 12.4 Å². The second-order valence-electron chi connectivity index (χ2n) is 4.78. The molecule has 0 unspecified atom stereocenters. The summed E-state index contributed by atoms with van der Waals surface area (Å²) in [5.41, 5.74) is 7.52. The molecule has 2 aromatic rings. The third-order valence-electron chi connectivity index (χ3n) is 3.29. The zero-order valence-electron chi connectivity index (χ0n) is 12.5. The van der Waals surface area contributed by atoms with Crippen LogP contribution in [0.2, 0.25) is 0 Å². The zero-order chi connectivity index (χ0) is 16.1. The van der Waals surface area contributed by atoms with Gasteiger partial charge in [0.25, 0.3) is 0 Å². The lowest BCUT2D eigenvalue weighted by atomic mass is 10.1. The summed E-state index contributed by atoms with van der Waals surface area (Å²) < 4.78 is 10.4. The van der Waals surface area contributed by atoms with E-state index in [0.29, 0.717) is 22.4 Å². The third kappa shape index (κ3) is 3.44. The summed E-state index contributed by atoms with van der Waals surface area (Å²) in [6, 6.07) is 11.8. The monoisotopic (exact) mass is 299 g/mol. The number of hydrogen-bond donors (Lipinski definition) is 1. The van der Waals surface area contributed by atoms with E-state index >= 15 is 0 Å². The predicted octanol–water partition coefficient (Wildman–Crippen LogP) is 2.46. The van der Waals surface area contributed by atoms with Gasteiger partial charge in [-0.05, 0) is 30.7 Å². The molecular weight excluding hydrogens is 282 g/mol. The van der Waals surface area contributed by atoms with E-state index in [9.17, 15) is 9.59 Å². The number of methoxy groups -OCH3 is 1. The van der Waals surface area contributed by atoms with Gasteiger partial charge < -0.3 is 15.2 Å². The Morgan fingerprint density at radius 3 is 2.55 bits per heavy atom. The van der Waals surface area contributed by atoms with Crippen molar-refractivity contribution in [2.75, 3.05) is 7.11 Å². The summed E-state index contributed by atoms with van der Waals surface area (Å²) >= 11 is 0. The smallest absolute Gasteiger partial charge is 0.338 e. The summed E-state index contributed by atoms with van der Waals surface area (Å²) in [4.78, 5) is 23.4. The molecule has 114 valence electrons. The molecule has 0 aromatic heterocycles. The largest absolute Gasteiger partial charge is 0.496 e. The van der Waals surface area contributed by atoms with E-state index in [1.807, 2.05) is 6.92 Å². The average molecular weight is 299 g/mol. The van der Waals surface area contributed by atoms with Crippen molar-refractivity contribution >= 4 is 11.9 Å². The summed E-state index contributed by atoms with van der Waals surface area (Å²) in [7, 11) is 1.54. The third-order valence-corrected chi connectivity index (χ3v) is 3.29. The first-order chi connectivity index (χ1) is 10.5. The minimum Gasteiger partial charge on any atom is -0.496 e. The van der Waals surface area contributed by atoms with E-state index in [1.54, 1.807) is 49.6 Å². The van der Waals surface area contributed by atoms with E-state index in [0.717, 1.165) is 5.56 Å². The van der Waals surface area contributed by atoms with Crippen LogP contribution in [0.4, 0.5) is 0 Å². The summed E-state index contributed by atoms with van der Waals surface area (Å²) in [5, 5.41) is 0. The van der Waals surface area contributed by atoms with E-state index in [2.05, 4.69) is 0 Å². The number of aryl methyl sites for hydroxylation is 1. The van der Waals surface area contributed by atoms with Gasteiger partial charge in [-0.25, -0.2) is 4.79 Å². The maximum Gasteiger partial charge on any atom is 0.338 e. The van der Waals surface area contributed by atoms with Crippen LogP contribution in [0.3, 0.4) is 0 Å². The quantitative estimate of drug-likeness (QED) is 0.860. The molecule has 2 aromatic carbocycles. The minimum atomic E-state index is -0.552. The molecule has 2 N–H and O–H groups in total. The molecule has 5 nitrogen and oxygen atoms in total. The fourth-order valence-electron chi connectivity index (χ4n) is 2.06. The molecular formula is C17H17NO4. The second-order valence-corrected chi connectivity index (χ2v) is 4.78. The van der Waals surface area contributed by atoms with Crippen LogP contribution in [0.25, 0.3) is 0 Å². The highest BCUT2D eigenvalue weighted by Gasteiger charge is 2.12. The SMILES string of the molecule is COc1cc(C(=O)OCc2ccccc2C(N)=O)ccc1C. The van der Waals surface area contributed by atoms with Crippen LogP contribution in [0.5, 0.6) is 5.75 Å². The number of primary amides is 1. The Morgan fingerprint density at radius 2 is 1.86 bits per heavy atom. The molecule has 0 aliphatic heterocycles. The molecule has 1 amide bonds. The second kappa shape index (κ2) is 6.76. The number of nitrogens with two attached hydrogens (primary N) is 1. The fraction of sp³-hybridized carbons (Fsp3) is 0.176. The highest BCUT2D eigenvalue weighted by Crippen LogP contribution is 2.20. The molecule has 2 rings (SSSR count). The Morgan fingerprint density at radius 1 is 1.14 bits per heavy atom. The number of esters is 1. The molecule has 0 radical (unpaired) electrons. The number of amides is 1. The van der Waals surface area contributed by atoms with Crippen LogP contribution >= 0.6 is 0 Å². The first kappa shape index (κ1) is 15.6. The Kier molecular flexibility index (Phi) is 4.78. The van der Waals surface area contributed by atoms with E-state index in [1.165, 1.54) is 0 Å². The zero-order valence-corrected chi connectivity index (χ0v) is 12.5. The molecule has 0 fully saturated rings. The number of carbonyl (C=O) groups excluding carboxylic acids is 2. The van der Waals surface area contributed by atoms with Crippen molar-refractivity contribution < 1.29 is 19.1 Å². The van der Waals surface area contributed by atoms with Gasteiger partial charge in [-0.3, -0.25) is 4.79 Å². The Hall–Kier alpha value is -2.82. The van der Waals surface area contributed by atoms with Crippen molar-refractivity contribution in [3.63, 3.8) is 0 Å². The van der Waals surface area contributed by atoms with Gasteiger partial charge in [-0.2, -0.15) is 0 Å². The van der Waals surface area contributed by atoms with E-state index < -0.39 is 11.9 Å². The molecule has 0 atom stereocenters. The number of carbonyl (C=O) groups is 2. The van der Waals surface area contributed by atoms with Crippen molar-refractivity contribution in [2.24, 2.45) is 5.73 Å². The van der Waals surface area contributed by atoms with Crippen LogP contribution < -0.4 is 10.5 Å². The first-order valence-corrected chi connectivity index (χ1v) is 6.72. The first-order valence-electron chi connectivity index (χ1n) is 6.72. The van der Waals surface area contributed by atoms with E-state index in [4.69, 9.17) is 15.2 Å². The number of hydrogen-bond acceptors (Lipinski definition) is 4. The highest BCUT2D eigenvalue weighted by molar-refractivity contribution is 5.94. The maximum absolute atomic E-state index is 12.1. The van der Waals surface area contributed by atoms with Gasteiger partial charge >= 0.3 is 5.97 Å². The molecule has 0 saturated heterocycles. The fourth-order valence-corrected chi connectivity index (χ4v) is 2.06. The predicted molar refractivity (Wildman–Crippen MR) is 81.8 cm³/mol. The van der Waals surface area contributed by atoms with Gasteiger partial charge in [-0.1, -0.05) is 24.3 Å². The van der Waals surface area contributed by atoms with Gasteiger partial charge in [-0.15, -0.1) is 0 Å². The molecule has 0 heterocycles. The summed E-state index contributed by atoms with van der Waals surface area (Å²) in [6.45, 7) is 1.87. The average Bonchev–Trinajstić information content (AvgIpc) is 2.53. The Bertz CT molecular complexity index is 710. The topological polar surface area (TPSA) is 78.6 Å². The molecule has 5 heteroatoms. The summed E-state index contributed by atoms with van der Waals surface area (Å²) in [6.07, 6.45) is 0. The van der Waals surface area contributed by atoms with Crippen molar-refractivity contribution in [1.82, 2.24) is 0 Å².